The van der Waals surface area contributed by atoms with Gasteiger partial charge in [0.15, 0.2) is 5.82 Å². The van der Waals surface area contributed by atoms with Crippen LogP contribution in [-0.4, -0.2) is 26.3 Å². The van der Waals surface area contributed by atoms with E-state index >= 15 is 0 Å². The van der Waals surface area contributed by atoms with E-state index in [2.05, 4.69) is 22.3 Å². The van der Waals surface area contributed by atoms with Crippen molar-refractivity contribution in [2.45, 2.75) is 39.2 Å². The molecule has 20 heavy (non-hydrogen) atoms. The maximum absolute atomic E-state index is 4.79. The first kappa shape index (κ1) is 13.2. The zero-order valence-electron chi connectivity index (χ0n) is 12.3. The topological polar surface area (TPSA) is 55.6 Å². The van der Waals surface area contributed by atoms with Crippen LogP contribution in [0.2, 0.25) is 0 Å². The highest BCUT2D eigenvalue weighted by molar-refractivity contribution is 5.57. The Kier molecular flexibility index (Phi) is 3.53. The van der Waals surface area contributed by atoms with E-state index in [1.54, 1.807) is 0 Å². The van der Waals surface area contributed by atoms with Crippen molar-refractivity contribution in [3.8, 4) is 11.4 Å². The van der Waals surface area contributed by atoms with E-state index in [0.717, 1.165) is 30.0 Å². The molecule has 2 aromatic heterocycles. The van der Waals surface area contributed by atoms with E-state index in [9.17, 15) is 0 Å². The molecule has 2 heterocycles. The lowest BCUT2D eigenvalue weighted by Gasteiger charge is -2.25. The van der Waals surface area contributed by atoms with Gasteiger partial charge in [-0.25, -0.2) is 9.97 Å². The van der Waals surface area contributed by atoms with Gasteiger partial charge in [-0.05, 0) is 32.7 Å². The Balaban J connectivity index is 1.99. The van der Waals surface area contributed by atoms with Crippen LogP contribution < -0.4 is 5.32 Å². The molecule has 1 atom stereocenters. The molecular formula is C15H21N5. The molecule has 0 spiro atoms. The fourth-order valence-corrected chi connectivity index (χ4v) is 2.95. The largest absolute Gasteiger partial charge is 0.310 e. The van der Waals surface area contributed by atoms with Crippen LogP contribution in [0.1, 0.15) is 42.8 Å². The average molecular weight is 271 g/mol. The van der Waals surface area contributed by atoms with Crippen molar-refractivity contribution in [3.05, 3.63) is 29.3 Å². The van der Waals surface area contributed by atoms with Crippen LogP contribution in [0.25, 0.3) is 11.4 Å². The van der Waals surface area contributed by atoms with Gasteiger partial charge in [0.1, 0.15) is 0 Å². The quantitative estimate of drug-likeness (QED) is 0.929. The van der Waals surface area contributed by atoms with Crippen LogP contribution in [-0.2, 0) is 13.5 Å². The first-order chi connectivity index (χ1) is 9.69. The van der Waals surface area contributed by atoms with Crippen LogP contribution in [0, 0.1) is 6.92 Å². The maximum Gasteiger partial charge on any atom is 0.162 e. The van der Waals surface area contributed by atoms with Gasteiger partial charge in [0.2, 0.25) is 0 Å². The third-order valence-electron chi connectivity index (χ3n) is 3.89. The van der Waals surface area contributed by atoms with Crippen LogP contribution in [0.4, 0.5) is 0 Å². The molecule has 0 saturated heterocycles. The number of aromatic nitrogens is 4. The van der Waals surface area contributed by atoms with Gasteiger partial charge in [-0.1, -0.05) is 6.92 Å². The summed E-state index contributed by atoms with van der Waals surface area (Å²) in [5.41, 5.74) is 4.46. The number of hydrogen-bond acceptors (Lipinski definition) is 4. The summed E-state index contributed by atoms with van der Waals surface area (Å²) >= 11 is 0. The summed E-state index contributed by atoms with van der Waals surface area (Å²) in [5, 5.41) is 7.89. The summed E-state index contributed by atoms with van der Waals surface area (Å²) in [6, 6.07) is 0.410. The smallest absolute Gasteiger partial charge is 0.162 e. The minimum absolute atomic E-state index is 0.410. The standard InChI is InChI=1S/C15H21N5/c1-4-16-13-6-5-7-14-11(13)8-17-15(18-14)12-9-20(3)19-10(12)2/h8-9,13,16H,4-7H2,1-3H3. The Morgan fingerprint density at radius 1 is 1.45 bits per heavy atom. The molecule has 0 aliphatic heterocycles. The molecule has 5 heteroatoms. The second-order valence-corrected chi connectivity index (χ2v) is 5.40. The van der Waals surface area contributed by atoms with Crippen molar-refractivity contribution in [3.63, 3.8) is 0 Å². The van der Waals surface area contributed by atoms with E-state index in [-0.39, 0.29) is 0 Å². The molecular weight excluding hydrogens is 250 g/mol. The number of fused-ring (bicyclic) bond motifs is 1. The van der Waals surface area contributed by atoms with Gasteiger partial charge in [-0.3, -0.25) is 4.68 Å². The lowest BCUT2D eigenvalue weighted by Crippen LogP contribution is -2.25. The van der Waals surface area contributed by atoms with Crippen molar-refractivity contribution < 1.29 is 0 Å². The number of hydrogen-bond donors (Lipinski definition) is 1. The monoisotopic (exact) mass is 271 g/mol. The Morgan fingerprint density at radius 3 is 3.00 bits per heavy atom. The van der Waals surface area contributed by atoms with Crippen LogP contribution >= 0.6 is 0 Å². The zero-order chi connectivity index (χ0) is 14.1. The second kappa shape index (κ2) is 5.32. The lowest BCUT2D eigenvalue weighted by molar-refractivity contribution is 0.464. The van der Waals surface area contributed by atoms with E-state index in [4.69, 9.17) is 4.98 Å². The molecule has 5 nitrogen and oxygen atoms in total. The molecule has 0 fully saturated rings. The molecule has 106 valence electrons. The van der Waals surface area contributed by atoms with E-state index in [1.165, 1.54) is 24.1 Å². The van der Waals surface area contributed by atoms with Gasteiger partial charge in [-0.15, -0.1) is 0 Å². The van der Waals surface area contributed by atoms with Gasteiger partial charge in [0.05, 0.1) is 11.3 Å². The molecule has 3 rings (SSSR count). The Labute approximate surface area is 119 Å². The predicted octanol–water partition coefficient (Wildman–Crippen LogP) is 2.17. The maximum atomic E-state index is 4.79. The predicted molar refractivity (Wildman–Crippen MR) is 78.3 cm³/mol. The molecule has 1 unspecified atom stereocenters. The highest BCUT2D eigenvalue weighted by Gasteiger charge is 2.22. The highest BCUT2D eigenvalue weighted by atomic mass is 15.3. The Bertz CT molecular complexity index is 617. The van der Waals surface area contributed by atoms with Gasteiger partial charge in [0.25, 0.3) is 0 Å². The van der Waals surface area contributed by atoms with Crippen molar-refractivity contribution in [2.24, 2.45) is 7.05 Å². The van der Waals surface area contributed by atoms with Crippen LogP contribution in [0.5, 0.6) is 0 Å². The molecule has 0 amide bonds. The molecule has 1 N–H and O–H groups in total. The summed E-state index contributed by atoms with van der Waals surface area (Å²) in [6.07, 6.45) is 7.40. The van der Waals surface area contributed by atoms with Gasteiger partial charge >= 0.3 is 0 Å². The fourth-order valence-electron chi connectivity index (χ4n) is 2.95. The summed E-state index contributed by atoms with van der Waals surface area (Å²) in [7, 11) is 1.93. The molecule has 0 aromatic carbocycles. The Morgan fingerprint density at radius 2 is 2.30 bits per heavy atom. The van der Waals surface area contributed by atoms with Crippen molar-refractivity contribution in [1.82, 2.24) is 25.1 Å². The normalized spacial score (nSPS) is 18.1. The zero-order valence-corrected chi connectivity index (χ0v) is 12.3. The molecule has 1 aliphatic carbocycles. The first-order valence-corrected chi connectivity index (χ1v) is 7.29. The summed E-state index contributed by atoms with van der Waals surface area (Å²) in [5.74, 6) is 0.798. The third-order valence-corrected chi connectivity index (χ3v) is 3.89. The minimum Gasteiger partial charge on any atom is -0.310 e. The molecule has 0 saturated carbocycles. The second-order valence-electron chi connectivity index (χ2n) is 5.40. The lowest BCUT2D eigenvalue weighted by atomic mass is 9.92. The van der Waals surface area contributed by atoms with Gasteiger partial charge < -0.3 is 5.32 Å². The van der Waals surface area contributed by atoms with E-state index in [1.807, 2.05) is 31.0 Å². The number of nitrogens with one attached hydrogen (secondary N) is 1. The van der Waals surface area contributed by atoms with Crippen LogP contribution in [0.3, 0.4) is 0 Å². The minimum atomic E-state index is 0.410. The van der Waals surface area contributed by atoms with Crippen LogP contribution in [0.15, 0.2) is 12.4 Å². The highest BCUT2D eigenvalue weighted by Crippen LogP contribution is 2.29. The van der Waals surface area contributed by atoms with Crippen molar-refractivity contribution >= 4 is 0 Å². The third kappa shape index (κ3) is 2.33. The average Bonchev–Trinajstić information content (AvgIpc) is 2.78. The number of aryl methyl sites for hydroxylation is 3. The number of nitrogens with zero attached hydrogens (tertiary/aromatic N) is 4. The van der Waals surface area contributed by atoms with Crippen molar-refractivity contribution in [1.29, 1.82) is 0 Å². The SMILES string of the molecule is CCNC1CCCc2nc(-c3cn(C)nc3C)ncc21. The van der Waals surface area contributed by atoms with Gasteiger partial charge in [0, 0.05) is 36.7 Å². The molecule has 2 aromatic rings. The summed E-state index contributed by atoms with van der Waals surface area (Å²) in [6.45, 7) is 5.12. The summed E-state index contributed by atoms with van der Waals surface area (Å²) < 4.78 is 1.81. The van der Waals surface area contributed by atoms with E-state index in [0.29, 0.717) is 6.04 Å². The summed E-state index contributed by atoms with van der Waals surface area (Å²) in [4.78, 5) is 9.35. The van der Waals surface area contributed by atoms with E-state index < -0.39 is 0 Å². The fraction of sp³-hybridized carbons (Fsp3) is 0.533. The number of rotatable bonds is 3. The Hall–Kier alpha value is -1.75. The molecule has 0 radical (unpaired) electrons. The molecule has 0 bridgehead atoms. The first-order valence-electron chi connectivity index (χ1n) is 7.29. The molecule has 1 aliphatic rings. The van der Waals surface area contributed by atoms with Gasteiger partial charge in [-0.2, -0.15) is 5.10 Å². The van der Waals surface area contributed by atoms with Crippen molar-refractivity contribution in [2.75, 3.05) is 6.54 Å².